The van der Waals surface area contributed by atoms with Crippen LogP contribution in [0, 0.1) is 13.8 Å². The van der Waals surface area contributed by atoms with Crippen LogP contribution in [0.15, 0.2) is 18.2 Å². The second-order valence-corrected chi connectivity index (χ2v) is 4.55. The Morgan fingerprint density at radius 2 is 1.83 bits per heavy atom. The highest BCUT2D eigenvalue weighted by Gasteiger charge is 2.25. The quantitative estimate of drug-likeness (QED) is 0.585. The molecule has 18 heavy (non-hydrogen) atoms. The Kier molecular flexibility index (Phi) is 3.77. The Morgan fingerprint density at radius 1 is 1.17 bits per heavy atom. The van der Waals surface area contributed by atoms with E-state index < -0.39 is 11.7 Å². The van der Waals surface area contributed by atoms with Crippen LogP contribution in [0.2, 0.25) is 0 Å². The van der Waals surface area contributed by atoms with Gasteiger partial charge in [0, 0.05) is 18.7 Å². The van der Waals surface area contributed by atoms with Gasteiger partial charge in [-0.1, -0.05) is 17.7 Å². The molecule has 0 aromatic heterocycles. The minimum Gasteiger partial charge on any atom is -0.378 e. The molecule has 2 rings (SSSR count). The van der Waals surface area contributed by atoms with Crippen LogP contribution in [-0.4, -0.2) is 42.9 Å². The molecule has 0 N–H and O–H groups in total. The van der Waals surface area contributed by atoms with E-state index in [1.165, 1.54) is 0 Å². The zero-order valence-corrected chi connectivity index (χ0v) is 10.7. The summed E-state index contributed by atoms with van der Waals surface area (Å²) in [7, 11) is 0. The second kappa shape index (κ2) is 5.31. The summed E-state index contributed by atoms with van der Waals surface area (Å²) < 4.78 is 5.17. The number of benzene rings is 1. The lowest BCUT2D eigenvalue weighted by atomic mass is 10.0. The number of Topliss-reactive ketones (excluding diaryl/α,β-unsaturated/α-hetero) is 1. The van der Waals surface area contributed by atoms with E-state index in [0.29, 0.717) is 31.9 Å². The maximum Gasteiger partial charge on any atom is 0.295 e. The van der Waals surface area contributed by atoms with E-state index in [1.807, 2.05) is 26.0 Å². The summed E-state index contributed by atoms with van der Waals surface area (Å²) in [5.74, 6) is -0.843. The minimum absolute atomic E-state index is 0.418. The number of nitrogens with zero attached hydrogens (tertiary/aromatic N) is 1. The fourth-order valence-electron chi connectivity index (χ4n) is 2.01. The van der Waals surface area contributed by atoms with E-state index in [0.717, 1.165) is 11.1 Å². The van der Waals surface area contributed by atoms with Gasteiger partial charge in [0.25, 0.3) is 11.7 Å². The fraction of sp³-hybridized carbons (Fsp3) is 0.429. The molecule has 0 bridgehead atoms. The molecular weight excluding hydrogens is 230 g/mol. The number of carbonyl (C=O) groups excluding carboxylic acids is 2. The van der Waals surface area contributed by atoms with E-state index in [2.05, 4.69) is 0 Å². The highest BCUT2D eigenvalue weighted by Crippen LogP contribution is 2.13. The third-order valence-corrected chi connectivity index (χ3v) is 3.13. The van der Waals surface area contributed by atoms with E-state index in [4.69, 9.17) is 4.74 Å². The minimum atomic E-state index is -0.424. The number of rotatable bonds is 2. The number of ether oxygens (including phenoxy) is 1. The van der Waals surface area contributed by atoms with Crippen molar-refractivity contribution in [1.29, 1.82) is 0 Å². The van der Waals surface area contributed by atoms with Crippen LogP contribution in [0.1, 0.15) is 21.5 Å². The monoisotopic (exact) mass is 247 g/mol. The highest BCUT2D eigenvalue weighted by atomic mass is 16.5. The van der Waals surface area contributed by atoms with Crippen molar-refractivity contribution in [2.24, 2.45) is 0 Å². The van der Waals surface area contributed by atoms with Crippen LogP contribution in [0.4, 0.5) is 0 Å². The van der Waals surface area contributed by atoms with Gasteiger partial charge in [0.1, 0.15) is 0 Å². The number of carbonyl (C=O) groups is 2. The lowest BCUT2D eigenvalue weighted by Gasteiger charge is -2.26. The second-order valence-electron chi connectivity index (χ2n) is 4.55. The molecule has 1 aromatic rings. The Labute approximate surface area is 107 Å². The summed E-state index contributed by atoms with van der Waals surface area (Å²) in [6.07, 6.45) is 0. The topological polar surface area (TPSA) is 46.6 Å². The van der Waals surface area contributed by atoms with Crippen molar-refractivity contribution < 1.29 is 14.3 Å². The van der Waals surface area contributed by atoms with Crippen LogP contribution in [-0.2, 0) is 9.53 Å². The van der Waals surface area contributed by atoms with Gasteiger partial charge in [-0.15, -0.1) is 0 Å². The molecule has 0 radical (unpaired) electrons. The molecule has 0 atom stereocenters. The summed E-state index contributed by atoms with van der Waals surface area (Å²) in [5.41, 5.74) is 2.33. The number of morpholine rings is 1. The Bertz CT molecular complexity index is 476. The highest BCUT2D eigenvalue weighted by molar-refractivity contribution is 6.43. The van der Waals surface area contributed by atoms with Crippen molar-refractivity contribution in [3.05, 3.63) is 34.9 Å². The standard InChI is InChI=1S/C14H17NO3/c1-10-3-4-11(2)12(9-10)13(16)14(17)15-5-7-18-8-6-15/h3-4,9H,5-8H2,1-2H3. The van der Waals surface area contributed by atoms with Crippen molar-refractivity contribution >= 4 is 11.7 Å². The predicted octanol–water partition coefficient (Wildman–Crippen LogP) is 1.34. The summed E-state index contributed by atoms with van der Waals surface area (Å²) >= 11 is 0. The van der Waals surface area contributed by atoms with Crippen molar-refractivity contribution in [3.8, 4) is 0 Å². The molecule has 0 saturated carbocycles. The van der Waals surface area contributed by atoms with Gasteiger partial charge in [-0.2, -0.15) is 0 Å². The summed E-state index contributed by atoms with van der Waals surface area (Å²) in [4.78, 5) is 25.8. The van der Waals surface area contributed by atoms with Crippen LogP contribution < -0.4 is 0 Å². The van der Waals surface area contributed by atoms with Gasteiger partial charge < -0.3 is 9.64 Å². The number of amides is 1. The molecule has 1 aliphatic heterocycles. The molecule has 0 aliphatic carbocycles. The molecule has 96 valence electrons. The van der Waals surface area contributed by atoms with Crippen molar-refractivity contribution in [1.82, 2.24) is 4.90 Å². The maximum absolute atomic E-state index is 12.2. The first-order valence-corrected chi connectivity index (χ1v) is 6.08. The normalized spacial score (nSPS) is 15.6. The first-order chi connectivity index (χ1) is 8.59. The summed E-state index contributed by atoms with van der Waals surface area (Å²) in [6, 6.07) is 5.58. The smallest absolute Gasteiger partial charge is 0.295 e. The number of hydrogen-bond acceptors (Lipinski definition) is 3. The fourth-order valence-corrected chi connectivity index (χ4v) is 2.01. The van der Waals surface area contributed by atoms with Gasteiger partial charge in [-0.3, -0.25) is 9.59 Å². The SMILES string of the molecule is Cc1ccc(C)c(C(=O)C(=O)N2CCOCC2)c1. The molecule has 0 spiro atoms. The van der Waals surface area contributed by atoms with E-state index in [-0.39, 0.29) is 0 Å². The van der Waals surface area contributed by atoms with Gasteiger partial charge in [-0.25, -0.2) is 0 Å². The third kappa shape index (κ3) is 2.59. The molecule has 1 heterocycles. The molecule has 1 amide bonds. The van der Waals surface area contributed by atoms with Gasteiger partial charge >= 0.3 is 0 Å². The molecule has 0 unspecified atom stereocenters. The molecular formula is C14H17NO3. The third-order valence-electron chi connectivity index (χ3n) is 3.13. The van der Waals surface area contributed by atoms with Crippen molar-refractivity contribution in [2.45, 2.75) is 13.8 Å². The average Bonchev–Trinajstić information content (AvgIpc) is 2.41. The number of hydrogen-bond donors (Lipinski definition) is 0. The largest absolute Gasteiger partial charge is 0.378 e. The van der Waals surface area contributed by atoms with Gasteiger partial charge in [0.15, 0.2) is 0 Å². The van der Waals surface area contributed by atoms with E-state index in [9.17, 15) is 9.59 Å². The Morgan fingerprint density at radius 3 is 2.50 bits per heavy atom. The van der Waals surface area contributed by atoms with E-state index >= 15 is 0 Å². The lowest BCUT2D eigenvalue weighted by Crippen LogP contribution is -2.44. The van der Waals surface area contributed by atoms with Crippen LogP contribution >= 0.6 is 0 Å². The van der Waals surface area contributed by atoms with Gasteiger partial charge in [0.2, 0.25) is 0 Å². The average molecular weight is 247 g/mol. The molecule has 1 saturated heterocycles. The predicted molar refractivity (Wildman–Crippen MR) is 67.6 cm³/mol. The van der Waals surface area contributed by atoms with E-state index in [1.54, 1.807) is 11.0 Å². The summed E-state index contributed by atoms with van der Waals surface area (Å²) in [6.45, 7) is 5.76. The molecule has 1 fully saturated rings. The zero-order chi connectivity index (χ0) is 13.1. The Balaban J connectivity index is 2.19. The van der Waals surface area contributed by atoms with Crippen LogP contribution in [0.25, 0.3) is 0 Å². The summed E-state index contributed by atoms with van der Waals surface area (Å²) in [5, 5.41) is 0. The maximum atomic E-state index is 12.2. The van der Waals surface area contributed by atoms with Gasteiger partial charge in [0.05, 0.1) is 13.2 Å². The lowest BCUT2D eigenvalue weighted by molar-refractivity contribution is -0.130. The first kappa shape index (κ1) is 12.8. The van der Waals surface area contributed by atoms with Crippen molar-refractivity contribution in [2.75, 3.05) is 26.3 Å². The molecule has 1 aromatic carbocycles. The van der Waals surface area contributed by atoms with Crippen molar-refractivity contribution in [3.63, 3.8) is 0 Å². The van der Waals surface area contributed by atoms with Gasteiger partial charge in [-0.05, 0) is 25.5 Å². The molecule has 1 aliphatic rings. The zero-order valence-electron chi connectivity index (χ0n) is 10.7. The number of ketones is 1. The molecule has 4 nitrogen and oxygen atoms in total. The van der Waals surface area contributed by atoms with Crippen LogP contribution in [0.3, 0.4) is 0 Å². The first-order valence-electron chi connectivity index (χ1n) is 6.08. The number of aryl methyl sites for hydroxylation is 2. The Hall–Kier alpha value is -1.68. The molecule has 4 heteroatoms. The van der Waals surface area contributed by atoms with Crippen LogP contribution in [0.5, 0.6) is 0 Å².